The van der Waals surface area contributed by atoms with Crippen molar-refractivity contribution < 1.29 is 9.21 Å². The summed E-state index contributed by atoms with van der Waals surface area (Å²) in [4.78, 5) is 30.0. The zero-order chi connectivity index (χ0) is 23.0. The van der Waals surface area contributed by atoms with Crippen LogP contribution in [-0.2, 0) is 16.8 Å². The number of aliphatic imine (C=N–C) groups is 1. The third kappa shape index (κ3) is 8.17. The predicted octanol–water partition coefficient (Wildman–Crippen LogP) is 2.78. The highest BCUT2D eigenvalue weighted by Gasteiger charge is 2.22. The number of rotatable bonds is 7. The molecule has 0 atom stereocenters. The molecule has 1 fully saturated rings. The highest BCUT2D eigenvalue weighted by molar-refractivity contribution is 14.0. The van der Waals surface area contributed by atoms with E-state index in [1.165, 1.54) is 0 Å². The van der Waals surface area contributed by atoms with Crippen molar-refractivity contribution in [1.29, 1.82) is 0 Å². The van der Waals surface area contributed by atoms with Gasteiger partial charge in [-0.2, -0.15) is 0 Å². The van der Waals surface area contributed by atoms with Crippen molar-refractivity contribution in [3.8, 4) is 0 Å². The van der Waals surface area contributed by atoms with E-state index in [1.807, 2.05) is 30.0 Å². The number of halogens is 1. The van der Waals surface area contributed by atoms with Gasteiger partial charge in [-0.3, -0.25) is 4.79 Å². The SMILES string of the molecule is CCNC(=NCc1ncc(C(C)(C)C)o1)NCCC(=O)N1CCN(c2ccccn2)CC1.I. The minimum atomic E-state index is -0.0822. The Morgan fingerprint density at radius 1 is 1.15 bits per heavy atom. The zero-order valence-corrected chi connectivity index (χ0v) is 22.3. The maximum absolute atomic E-state index is 12.6. The van der Waals surface area contributed by atoms with Crippen LogP contribution in [0, 0.1) is 0 Å². The highest BCUT2D eigenvalue weighted by Crippen LogP contribution is 2.22. The molecule has 33 heavy (non-hydrogen) atoms. The molecule has 0 saturated carbocycles. The summed E-state index contributed by atoms with van der Waals surface area (Å²) in [5.74, 6) is 3.18. The first-order valence-electron chi connectivity index (χ1n) is 11.3. The number of carbonyl (C=O) groups excluding carboxylic acids is 1. The van der Waals surface area contributed by atoms with Gasteiger partial charge in [0.05, 0.1) is 6.20 Å². The zero-order valence-electron chi connectivity index (χ0n) is 20.0. The molecule has 0 unspecified atom stereocenters. The van der Waals surface area contributed by atoms with E-state index >= 15 is 0 Å². The third-order valence-electron chi connectivity index (χ3n) is 5.25. The molecule has 2 aromatic heterocycles. The Labute approximate surface area is 213 Å². The van der Waals surface area contributed by atoms with Crippen molar-refractivity contribution in [3.63, 3.8) is 0 Å². The molecule has 182 valence electrons. The monoisotopic (exact) mass is 569 g/mol. The largest absolute Gasteiger partial charge is 0.443 e. The minimum Gasteiger partial charge on any atom is -0.443 e. The lowest BCUT2D eigenvalue weighted by molar-refractivity contribution is -0.131. The van der Waals surface area contributed by atoms with Crippen LogP contribution in [0.1, 0.15) is 45.8 Å². The van der Waals surface area contributed by atoms with Gasteiger partial charge in [0, 0.05) is 57.3 Å². The highest BCUT2D eigenvalue weighted by atomic mass is 127. The van der Waals surface area contributed by atoms with Crippen LogP contribution in [0.3, 0.4) is 0 Å². The quantitative estimate of drug-likeness (QED) is 0.301. The number of amides is 1. The van der Waals surface area contributed by atoms with Gasteiger partial charge < -0.3 is 24.9 Å². The average molecular weight is 569 g/mol. The fourth-order valence-electron chi connectivity index (χ4n) is 3.39. The summed E-state index contributed by atoms with van der Waals surface area (Å²) in [6.45, 7) is 12.9. The molecule has 0 radical (unpaired) electrons. The second kappa shape index (κ2) is 12.8. The van der Waals surface area contributed by atoms with E-state index in [1.54, 1.807) is 12.4 Å². The first-order valence-corrected chi connectivity index (χ1v) is 11.3. The molecule has 3 rings (SSSR count). The lowest BCUT2D eigenvalue weighted by atomic mass is 9.94. The van der Waals surface area contributed by atoms with Crippen molar-refractivity contribution in [2.24, 2.45) is 4.99 Å². The molecular weight excluding hydrogens is 533 g/mol. The van der Waals surface area contributed by atoms with Gasteiger partial charge >= 0.3 is 0 Å². The molecule has 9 nitrogen and oxygen atoms in total. The molecular formula is C23H36IN7O2. The smallest absolute Gasteiger partial charge is 0.224 e. The van der Waals surface area contributed by atoms with Gasteiger partial charge in [0.25, 0.3) is 0 Å². The van der Waals surface area contributed by atoms with Crippen LogP contribution in [0.5, 0.6) is 0 Å². The fourth-order valence-corrected chi connectivity index (χ4v) is 3.39. The summed E-state index contributed by atoms with van der Waals surface area (Å²) in [5.41, 5.74) is -0.0822. The van der Waals surface area contributed by atoms with E-state index in [-0.39, 0.29) is 35.3 Å². The van der Waals surface area contributed by atoms with E-state index < -0.39 is 0 Å². The Balaban J connectivity index is 0.00000385. The molecule has 10 heteroatoms. The number of hydrogen-bond acceptors (Lipinski definition) is 6. The van der Waals surface area contributed by atoms with Crippen LogP contribution in [0.15, 0.2) is 40.0 Å². The van der Waals surface area contributed by atoms with Crippen molar-refractivity contribution in [2.45, 2.75) is 46.1 Å². The molecule has 3 heterocycles. The molecule has 1 amide bonds. The van der Waals surface area contributed by atoms with E-state index in [2.05, 4.69) is 51.3 Å². The van der Waals surface area contributed by atoms with Crippen molar-refractivity contribution in [1.82, 2.24) is 25.5 Å². The Hall–Kier alpha value is -2.37. The summed E-state index contributed by atoms with van der Waals surface area (Å²) in [6.07, 6.45) is 3.98. The molecule has 0 aromatic carbocycles. The number of piperazine rings is 1. The number of pyridine rings is 1. The lowest BCUT2D eigenvalue weighted by Gasteiger charge is -2.35. The molecule has 0 aliphatic carbocycles. The molecule has 0 spiro atoms. The van der Waals surface area contributed by atoms with Gasteiger partial charge in [-0.1, -0.05) is 26.8 Å². The fraction of sp³-hybridized carbons (Fsp3) is 0.565. The molecule has 1 aliphatic rings. The van der Waals surface area contributed by atoms with Crippen LogP contribution >= 0.6 is 24.0 Å². The summed E-state index contributed by atoms with van der Waals surface area (Å²) < 4.78 is 5.80. The average Bonchev–Trinajstić information content (AvgIpc) is 3.28. The predicted molar refractivity (Wildman–Crippen MR) is 141 cm³/mol. The molecule has 2 aromatic rings. The summed E-state index contributed by atoms with van der Waals surface area (Å²) in [7, 11) is 0. The molecule has 2 N–H and O–H groups in total. The summed E-state index contributed by atoms with van der Waals surface area (Å²) in [6, 6.07) is 5.90. The minimum absolute atomic E-state index is 0. The van der Waals surface area contributed by atoms with E-state index in [4.69, 9.17) is 4.42 Å². The Bertz CT molecular complexity index is 888. The topological polar surface area (TPSA) is 98.9 Å². The number of anilines is 1. The van der Waals surface area contributed by atoms with Gasteiger partial charge in [0.1, 0.15) is 18.1 Å². The first kappa shape index (κ1) is 26.9. The number of carbonyl (C=O) groups is 1. The second-order valence-electron chi connectivity index (χ2n) is 8.80. The number of aromatic nitrogens is 2. The van der Waals surface area contributed by atoms with Gasteiger partial charge in [0.15, 0.2) is 5.96 Å². The van der Waals surface area contributed by atoms with E-state index in [0.29, 0.717) is 44.5 Å². The van der Waals surface area contributed by atoms with E-state index in [9.17, 15) is 4.79 Å². The first-order chi connectivity index (χ1) is 15.4. The summed E-state index contributed by atoms with van der Waals surface area (Å²) >= 11 is 0. The van der Waals surface area contributed by atoms with Crippen LogP contribution in [0.2, 0.25) is 0 Å². The van der Waals surface area contributed by atoms with Gasteiger partial charge in [-0.15, -0.1) is 24.0 Å². The lowest BCUT2D eigenvalue weighted by Crippen LogP contribution is -2.49. The van der Waals surface area contributed by atoms with Crippen molar-refractivity contribution in [2.75, 3.05) is 44.2 Å². The molecule has 1 aliphatic heterocycles. The molecule has 0 bridgehead atoms. The number of nitrogens with one attached hydrogen (secondary N) is 2. The number of oxazole rings is 1. The Morgan fingerprint density at radius 3 is 2.52 bits per heavy atom. The standard InChI is InChI=1S/C23H35N7O2.HI/c1-5-24-22(28-17-20-27-16-18(32-20)23(2,3)4)26-11-9-21(31)30-14-12-29(13-15-30)19-8-6-7-10-25-19;/h6-8,10,16H,5,9,11-15,17H2,1-4H3,(H2,24,26,28);1H. The normalized spacial score (nSPS) is 14.6. The van der Waals surface area contributed by atoms with Crippen LogP contribution < -0.4 is 15.5 Å². The van der Waals surface area contributed by atoms with Crippen molar-refractivity contribution in [3.05, 3.63) is 42.2 Å². The maximum Gasteiger partial charge on any atom is 0.224 e. The van der Waals surface area contributed by atoms with E-state index in [0.717, 1.165) is 31.2 Å². The van der Waals surface area contributed by atoms with Gasteiger partial charge in [-0.25, -0.2) is 15.0 Å². The third-order valence-corrected chi connectivity index (χ3v) is 5.25. The number of hydrogen-bond donors (Lipinski definition) is 2. The van der Waals surface area contributed by atoms with Crippen LogP contribution in [-0.4, -0.2) is 66.0 Å². The van der Waals surface area contributed by atoms with Crippen molar-refractivity contribution >= 4 is 41.7 Å². The number of guanidine groups is 1. The summed E-state index contributed by atoms with van der Waals surface area (Å²) in [5, 5.41) is 6.43. The Kier molecular flexibility index (Phi) is 10.4. The molecule has 1 saturated heterocycles. The van der Waals surface area contributed by atoms with Gasteiger partial charge in [0.2, 0.25) is 11.8 Å². The second-order valence-corrected chi connectivity index (χ2v) is 8.80. The maximum atomic E-state index is 12.6. The van der Waals surface area contributed by atoms with Crippen LogP contribution in [0.4, 0.5) is 5.82 Å². The van der Waals surface area contributed by atoms with Gasteiger partial charge in [-0.05, 0) is 19.1 Å². The Morgan fingerprint density at radius 2 is 1.91 bits per heavy atom. The number of nitrogens with zero attached hydrogens (tertiary/aromatic N) is 5. The van der Waals surface area contributed by atoms with Crippen LogP contribution in [0.25, 0.3) is 0 Å².